The van der Waals surface area contributed by atoms with Crippen LogP contribution in [0.4, 0.5) is 0 Å². The second kappa shape index (κ2) is 6.19. The van der Waals surface area contributed by atoms with E-state index in [9.17, 15) is 0 Å². The van der Waals surface area contributed by atoms with Crippen molar-refractivity contribution in [3.8, 4) is 11.8 Å². The molecule has 1 aromatic rings. The molecule has 0 radical (unpaired) electrons. The van der Waals surface area contributed by atoms with Crippen LogP contribution in [0.1, 0.15) is 38.4 Å². The van der Waals surface area contributed by atoms with Gasteiger partial charge in [0.1, 0.15) is 0 Å². The lowest BCUT2D eigenvalue weighted by atomic mass is 10.2. The first kappa shape index (κ1) is 9.73. The first-order chi connectivity index (χ1) is 6.43. The van der Waals surface area contributed by atoms with E-state index in [-0.39, 0.29) is 0 Å². The molecule has 0 saturated carbocycles. The van der Waals surface area contributed by atoms with Crippen molar-refractivity contribution in [1.82, 2.24) is 9.97 Å². The number of hydrogen-bond donors (Lipinski definition) is 0. The van der Waals surface area contributed by atoms with Gasteiger partial charge in [-0.1, -0.05) is 25.7 Å². The summed E-state index contributed by atoms with van der Waals surface area (Å²) in [5, 5.41) is 0. The highest BCUT2D eigenvalue weighted by Gasteiger charge is 1.84. The lowest BCUT2D eigenvalue weighted by molar-refractivity contribution is 0.737. The molecule has 0 unspecified atom stereocenters. The number of unbranched alkanes of at least 4 members (excludes halogenated alkanes) is 3. The van der Waals surface area contributed by atoms with E-state index in [1.165, 1.54) is 19.3 Å². The van der Waals surface area contributed by atoms with Gasteiger partial charge >= 0.3 is 0 Å². The largest absolute Gasteiger partial charge is 0.229 e. The van der Waals surface area contributed by atoms with Crippen molar-refractivity contribution in [3.05, 3.63) is 24.3 Å². The lowest BCUT2D eigenvalue weighted by Gasteiger charge is -1.88. The van der Waals surface area contributed by atoms with Gasteiger partial charge in [0.05, 0.1) is 0 Å². The maximum absolute atomic E-state index is 4.01. The molecule has 0 aliphatic carbocycles. The molecule has 0 amide bonds. The van der Waals surface area contributed by atoms with Crippen LogP contribution >= 0.6 is 0 Å². The zero-order valence-electron chi connectivity index (χ0n) is 7.95. The fourth-order valence-corrected chi connectivity index (χ4v) is 0.969. The molecule has 0 aromatic carbocycles. The fraction of sp³-hybridized carbons (Fsp3) is 0.455. The van der Waals surface area contributed by atoms with Crippen molar-refractivity contribution in [3.63, 3.8) is 0 Å². The molecule has 13 heavy (non-hydrogen) atoms. The minimum Gasteiger partial charge on any atom is -0.229 e. The summed E-state index contributed by atoms with van der Waals surface area (Å²) in [5.41, 5.74) is 0. The molecule has 0 bridgehead atoms. The predicted molar refractivity (Wildman–Crippen MR) is 53.1 cm³/mol. The van der Waals surface area contributed by atoms with Gasteiger partial charge in [0, 0.05) is 18.8 Å². The van der Waals surface area contributed by atoms with Crippen LogP contribution in [-0.2, 0) is 0 Å². The van der Waals surface area contributed by atoms with Gasteiger partial charge in [-0.05, 0) is 18.4 Å². The molecule has 0 aliphatic heterocycles. The van der Waals surface area contributed by atoms with Gasteiger partial charge in [0.15, 0.2) is 0 Å². The van der Waals surface area contributed by atoms with Crippen molar-refractivity contribution in [2.24, 2.45) is 0 Å². The van der Waals surface area contributed by atoms with E-state index in [4.69, 9.17) is 0 Å². The number of aromatic nitrogens is 2. The standard InChI is InChI=1S/C11H14N2/c1-2-3-4-5-6-8-11-12-9-7-10-13-11/h7,9-10H,2-5H2,1H3. The average Bonchev–Trinajstić information content (AvgIpc) is 2.19. The normalized spacial score (nSPS) is 9.00. The molecule has 0 N–H and O–H groups in total. The van der Waals surface area contributed by atoms with Gasteiger partial charge < -0.3 is 0 Å². The number of rotatable bonds is 3. The molecule has 1 heterocycles. The SMILES string of the molecule is CCCCCC#Cc1ncccn1. The quantitative estimate of drug-likeness (QED) is 0.519. The third kappa shape index (κ3) is 4.27. The summed E-state index contributed by atoms with van der Waals surface area (Å²) < 4.78 is 0. The third-order valence-electron chi connectivity index (χ3n) is 1.67. The van der Waals surface area contributed by atoms with Gasteiger partial charge in [-0.15, -0.1) is 0 Å². The summed E-state index contributed by atoms with van der Waals surface area (Å²) in [6.45, 7) is 2.19. The Morgan fingerprint density at radius 1 is 1.23 bits per heavy atom. The summed E-state index contributed by atoms with van der Waals surface area (Å²) in [6, 6.07) is 1.79. The zero-order chi connectivity index (χ0) is 9.36. The number of hydrogen-bond acceptors (Lipinski definition) is 2. The Hall–Kier alpha value is -1.36. The molecule has 0 fully saturated rings. The monoisotopic (exact) mass is 174 g/mol. The highest BCUT2D eigenvalue weighted by Crippen LogP contribution is 1.96. The average molecular weight is 174 g/mol. The highest BCUT2D eigenvalue weighted by molar-refractivity contribution is 5.19. The molecule has 1 aromatic heterocycles. The second-order valence-electron chi connectivity index (χ2n) is 2.83. The van der Waals surface area contributed by atoms with Gasteiger partial charge in [-0.25, -0.2) is 9.97 Å². The first-order valence-electron chi connectivity index (χ1n) is 4.69. The minimum atomic E-state index is 0.624. The van der Waals surface area contributed by atoms with Crippen LogP contribution in [0.3, 0.4) is 0 Å². The summed E-state index contributed by atoms with van der Waals surface area (Å²) in [7, 11) is 0. The summed E-state index contributed by atoms with van der Waals surface area (Å²) in [6.07, 6.45) is 8.04. The molecule has 0 spiro atoms. The van der Waals surface area contributed by atoms with Crippen molar-refractivity contribution in [2.45, 2.75) is 32.6 Å². The maximum atomic E-state index is 4.01. The van der Waals surface area contributed by atoms with Crippen molar-refractivity contribution in [2.75, 3.05) is 0 Å². The van der Waals surface area contributed by atoms with Crippen molar-refractivity contribution >= 4 is 0 Å². The zero-order valence-corrected chi connectivity index (χ0v) is 7.95. The van der Waals surface area contributed by atoms with Crippen molar-refractivity contribution in [1.29, 1.82) is 0 Å². The van der Waals surface area contributed by atoms with Crippen LogP contribution in [0, 0.1) is 11.8 Å². The van der Waals surface area contributed by atoms with Gasteiger partial charge in [0.2, 0.25) is 5.82 Å². The molecule has 2 heteroatoms. The molecule has 2 nitrogen and oxygen atoms in total. The molecule has 0 saturated heterocycles. The number of nitrogens with zero attached hydrogens (tertiary/aromatic N) is 2. The topological polar surface area (TPSA) is 25.8 Å². The van der Waals surface area contributed by atoms with Gasteiger partial charge in [-0.3, -0.25) is 0 Å². The summed E-state index contributed by atoms with van der Waals surface area (Å²) in [4.78, 5) is 8.02. The molecular formula is C11H14N2. The Balaban J connectivity index is 2.31. The van der Waals surface area contributed by atoms with Crippen LogP contribution in [0.25, 0.3) is 0 Å². The van der Waals surface area contributed by atoms with Crippen LogP contribution in [0.5, 0.6) is 0 Å². The van der Waals surface area contributed by atoms with Crippen LogP contribution in [0.2, 0.25) is 0 Å². The van der Waals surface area contributed by atoms with E-state index in [2.05, 4.69) is 28.7 Å². The Kier molecular flexibility index (Phi) is 4.63. The minimum absolute atomic E-state index is 0.624. The lowest BCUT2D eigenvalue weighted by Crippen LogP contribution is -1.84. The molecule has 0 atom stereocenters. The fourth-order valence-electron chi connectivity index (χ4n) is 0.969. The van der Waals surface area contributed by atoms with E-state index >= 15 is 0 Å². The van der Waals surface area contributed by atoms with Gasteiger partial charge in [-0.2, -0.15) is 0 Å². The summed E-state index contributed by atoms with van der Waals surface area (Å²) >= 11 is 0. The van der Waals surface area contributed by atoms with E-state index in [0.717, 1.165) is 6.42 Å². The summed E-state index contributed by atoms with van der Waals surface area (Å²) in [5.74, 6) is 6.62. The van der Waals surface area contributed by atoms with Crippen LogP contribution in [0.15, 0.2) is 18.5 Å². The molecular weight excluding hydrogens is 160 g/mol. The Bertz CT molecular complexity index is 282. The van der Waals surface area contributed by atoms with E-state index in [1.54, 1.807) is 18.5 Å². The van der Waals surface area contributed by atoms with E-state index in [1.807, 2.05) is 0 Å². The molecule has 1 rings (SSSR count). The van der Waals surface area contributed by atoms with Crippen molar-refractivity contribution < 1.29 is 0 Å². The van der Waals surface area contributed by atoms with E-state index < -0.39 is 0 Å². The Morgan fingerprint density at radius 3 is 2.69 bits per heavy atom. The second-order valence-corrected chi connectivity index (χ2v) is 2.83. The maximum Gasteiger partial charge on any atom is 0.204 e. The van der Waals surface area contributed by atoms with E-state index in [0.29, 0.717) is 5.82 Å². The smallest absolute Gasteiger partial charge is 0.204 e. The first-order valence-corrected chi connectivity index (χ1v) is 4.69. The molecule has 68 valence electrons. The highest BCUT2D eigenvalue weighted by atomic mass is 14.8. The van der Waals surface area contributed by atoms with Crippen LogP contribution < -0.4 is 0 Å². The molecule has 0 aliphatic rings. The Morgan fingerprint density at radius 2 is 2.00 bits per heavy atom. The van der Waals surface area contributed by atoms with Crippen LogP contribution in [-0.4, -0.2) is 9.97 Å². The third-order valence-corrected chi connectivity index (χ3v) is 1.67. The van der Waals surface area contributed by atoms with Gasteiger partial charge in [0.25, 0.3) is 0 Å². The Labute approximate surface area is 79.4 Å². The predicted octanol–water partition coefficient (Wildman–Crippen LogP) is 2.41.